The second kappa shape index (κ2) is 6.53. The molecule has 0 spiro atoms. The van der Waals surface area contributed by atoms with Gasteiger partial charge in [0, 0.05) is 17.3 Å². The van der Waals surface area contributed by atoms with Crippen molar-refractivity contribution in [2.45, 2.75) is 32.5 Å². The van der Waals surface area contributed by atoms with Crippen LogP contribution in [0, 0.1) is 13.8 Å². The summed E-state index contributed by atoms with van der Waals surface area (Å²) in [6.07, 6.45) is 0. The van der Waals surface area contributed by atoms with Gasteiger partial charge < -0.3 is 4.90 Å². The Kier molecular flexibility index (Phi) is 4.43. The van der Waals surface area contributed by atoms with E-state index in [2.05, 4.69) is 0 Å². The molecule has 2 aliphatic heterocycles. The molecule has 4 rings (SSSR count). The molecular formula is C20H21ClN2O3S. The fourth-order valence-electron chi connectivity index (χ4n) is 4.00. The molecule has 7 heteroatoms. The lowest BCUT2D eigenvalue weighted by Crippen LogP contribution is -2.37. The van der Waals surface area contributed by atoms with E-state index in [0.717, 1.165) is 16.7 Å². The molecule has 142 valence electrons. The van der Waals surface area contributed by atoms with Gasteiger partial charge in [-0.2, -0.15) is 0 Å². The summed E-state index contributed by atoms with van der Waals surface area (Å²) >= 11 is 6.25. The lowest BCUT2D eigenvalue weighted by atomic mass is 10.1. The fraction of sp³-hybridized carbons (Fsp3) is 0.350. The SMILES string of the molecule is Cc1cccc(CN2C(=O)N(c3ccc(C)c(Cl)c3)[C@@H]3CS(=O)(=O)C[C@H]32)c1. The molecule has 2 aliphatic rings. The highest BCUT2D eigenvalue weighted by atomic mass is 35.5. The van der Waals surface area contributed by atoms with Crippen molar-refractivity contribution in [3.05, 3.63) is 64.2 Å². The molecule has 0 aromatic heterocycles. The first kappa shape index (κ1) is 18.3. The van der Waals surface area contributed by atoms with Crippen molar-refractivity contribution in [1.29, 1.82) is 0 Å². The first-order valence-electron chi connectivity index (χ1n) is 8.87. The maximum absolute atomic E-state index is 13.2. The average Bonchev–Trinajstić information content (AvgIpc) is 3.02. The van der Waals surface area contributed by atoms with E-state index >= 15 is 0 Å². The number of halogens is 1. The number of carbonyl (C=O) groups excluding carboxylic acids is 1. The molecule has 0 aliphatic carbocycles. The lowest BCUT2D eigenvalue weighted by Gasteiger charge is -2.23. The highest BCUT2D eigenvalue weighted by Gasteiger charge is 2.53. The quantitative estimate of drug-likeness (QED) is 0.735. The Morgan fingerprint density at radius 1 is 1.07 bits per heavy atom. The Labute approximate surface area is 164 Å². The number of carbonyl (C=O) groups is 1. The van der Waals surface area contributed by atoms with Gasteiger partial charge in [-0.1, -0.05) is 47.5 Å². The minimum absolute atomic E-state index is 0.00527. The third-order valence-electron chi connectivity index (χ3n) is 5.35. The Hall–Kier alpha value is -2.05. The van der Waals surface area contributed by atoms with E-state index < -0.39 is 9.84 Å². The molecule has 2 saturated heterocycles. The minimum atomic E-state index is -3.19. The summed E-state index contributed by atoms with van der Waals surface area (Å²) in [7, 11) is -3.19. The van der Waals surface area contributed by atoms with E-state index in [0.29, 0.717) is 17.3 Å². The van der Waals surface area contributed by atoms with E-state index in [4.69, 9.17) is 11.6 Å². The monoisotopic (exact) mass is 404 g/mol. The van der Waals surface area contributed by atoms with E-state index in [-0.39, 0.29) is 29.6 Å². The number of urea groups is 1. The number of nitrogens with zero attached hydrogens (tertiary/aromatic N) is 2. The van der Waals surface area contributed by atoms with Crippen molar-refractivity contribution >= 4 is 33.2 Å². The molecule has 2 aromatic rings. The molecule has 2 fully saturated rings. The fourth-order valence-corrected chi connectivity index (χ4v) is 6.13. The standard InChI is InChI=1S/C20H21ClN2O3S/c1-13-4-3-5-15(8-13)10-22-18-11-27(25,26)12-19(18)23(20(22)24)16-7-6-14(2)17(21)9-16/h3-9,18-19H,10-12H2,1-2H3/t18-,19-/m1/s1. The van der Waals surface area contributed by atoms with Crippen LogP contribution < -0.4 is 4.90 Å². The lowest BCUT2D eigenvalue weighted by molar-refractivity contribution is 0.206. The summed E-state index contributed by atoms with van der Waals surface area (Å²) in [5, 5.41) is 0.565. The number of fused-ring (bicyclic) bond motifs is 1. The molecule has 0 unspecified atom stereocenters. The Balaban J connectivity index is 1.72. The molecule has 2 heterocycles. The predicted molar refractivity (Wildman–Crippen MR) is 107 cm³/mol. The Bertz CT molecular complexity index is 1020. The number of amides is 2. The zero-order valence-electron chi connectivity index (χ0n) is 15.2. The Morgan fingerprint density at radius 3 is 2.52 bits per heavy atom. The smallest absolute Gasteiger partial charge is 0.314 e. The molecule has 0 bridgehead atoms. The number of rotatable bonds is 3. The van der Waals surface area contributed by atoms with Crippen molar-refractivity contribution in [1.82, 2.24) is 4.90 Å². The number of aryl methyl sites for hydroxylation is 2. The van der Waals surface area contributed by atoms with E-state index in [1.807, 2.05) is 50.2 Å². The van der Waals surface area contributed by atoms with Crippen LogP contribution in [0.2, 0.25) is 5.02 Å². The molecule has 0 saturated carbocycles. The van der Waals surface area contributed by atoms with Crippen molar-refractivity contribution in [3.8, 4) is 0 Å². The van der Waals surface area contributed by atoms with E-state index in [1.54, 1.807) is 15.9 Å². The number of hydrogen-bond donors (Lipinski definition) is 0. The maximum Gasteiger partial charge on any atom is 0.325 e. The largest absolute Gasteiger partial charge is 0.325 e. The van der Waals surface area contributed by atoms with Crippen molar-refractivity contribution in [2.24, 2.45) is 0 Å². The van der Waals surface area contributed by atoms with Gasteiger partial charge in [0.25, 0.3) is 0 Å². The summed E-state index contributed by atoms with van der Waals surface area (Å²) < 4.78 is 24.6. The average molecular weight is 405 g/mol. The maximum atomic E-state index is 13.2. The van der Waals surface area contributed by atoms with Crippen LogP contribution in [0.1, 0.15) is 16.7 Å². The molecule has 0 radical (unpaired) electrons. The number of benzene rings is 2. The normalized spacial score (nSPS) is 23.7. The minimum Gasteiger partial charge on any atom is -0.314 e. The van der Waals surface area contributed by atoms with Gasteiger partial charge in [0.1, 0.15) is 0 Å². The molecular weight excluding hydrogens is 384 g/mol. The van der Waals surface area contributed by atoms with Gasteiger partial charge in [0.15, 0.2) is 9.84 Å². The first-order chi connectivity index (χ1) is 12.7. The van der Waals surface area contributed by atoms with Crippen LogP contribution in [0.25, 0.3) is 0 Å². The highest BCUT2D eigenvalue weighted by Crippen LogP contribution is 2.37. The second-order valence-corrected chi connectivity index (χ2v) is 9.98. The zero-order valence-corrected chi connectivity index (χ0v) is 16.8. The van der Waals surface area contributed by atoms with Gasteiger partial charge in [-0.3, -0.25) is 4.90 Å². The van der Waals surface area contributed by atoms with Gasteiger partial charge in [-0.15, -0.1) is 0 Å². The molecule has 2 atom stereocenters. The summed E-state index contributed by atoms with van der Waals surface area (Å²) in [5.41, 5.74) is 3.67. The third-order valence-corrected chi connectivity index (χ3v) is 7.45. The second-order valence-electron chi connectivity index (χ2n) is 7.41. The van der Waals surface area contributed by atoms with E-state index in [1.165, 1.54) is 0 Å². The number of hydrogen-bond acceptors (Lipinski definition) is 3. The van der Waals surface area contributed by atoms with Crippen LogP contribution in [-0.4, -0.2) is 42.9 Å². The van der Waals surface area contributed by atoms with Crippen molar-refractivity contribution < 1.29 is 13.2 Å². The summed E-state index contributed by atoms with van der Waals surface area (Å²) in [5.74, 6) is -0.00939. The van der Waals surface area contributed by atoms with Crippen LogP contribution in [0.4, 0.5) is 10.5 Å². The first-order valence-corrected chi connectivity index (χ1v) is 11.1. The highest BCUT2D eigenvalue weighted by molar-refractivity contribution is 7.91. The molecule has 2 aromatic carbocycles. The van der Waals surface area contributed by atoms with Gasteiger partial charge in [0.05, 0.1) is 23.6 Å². The topological polar surface area (TPSA) is 57.7 Å². The van der Waals surface area contributed by atoms with Crippen LogP contribution >= 0.6 is 11.6 Å². The van der Waals surface area contributed by atoms with Crippen molar-refractivity contribution in [2.75, 3.05) is 16.4 Å². The van der Waals surface area contributed by atoms with Crippen LogP contribution in [-0.2, 0) is 16.4 Å². The zero-order chi connectivity index (χ0) is 19.3. The van der Waals surface area contributed by atoms with Crippen molar-refractivity contribution in [3.63, 3.8) is 0 Å². The number of sulfone groups is 1. The molecule has 5 nitrogen and oxygen atoms in total. The van der Waals surface area contributed by atoms with Crippen LogP contribution in [0.3, 0.4) is 0 Å². The van der Waals surface area contributed by atoms with Crippen LogP contribution in [0.15, 0.2) is 42.5 Å². The van der Waals surface area contributed by atoms with Gasteiger partial charge in [-0.05, 0) is 37.1 Å². The van der Waals surface area contributed by atoms with Gasteiger partial charge in [-0.25, -0.2) is 13.2 Å². The molecule has 2 amide bonds. The van der Waals surface area contributed by atoms with Gasteiger partial charge >= 0.3 is 6.03 Å². The van der Waals surface area contributed by atoms with Gasteiger partial charge in [0.2, 0.25) is 0 Å². The Morgan fingerprint density at radius 2 is 1.81 bits per heavy atom. The summed E-state index contributed by atoms with van der Waals surface area (Å²) in [6.45, 7) is 4.29. The summed E-state index contributed by atoms with van der Waals surface area (Å²) in [6, 6.07) is 12.5. The molecule has 27 heavy (non-hydrogen) atoms. The molecule has 0 N–H and O–H groups in total. The number of anilines is 1. The van der Waals surface area contributed by atoms with Crippen LogP contribution in [0.5, 0.6) is 0 Å². The third kappa shape index (κ3) is 3.32. The van der Waals surface area contributed by atoms with E-state index in [9.17, 15) is 13.2 Å². The summed E-state index contributed by atoms with van der Waals surface area (Å²) in [4.78, 5) is 16.5. The predicted octanol–water partition coefficient (Wildman–Crippen LogP) is 3.56.